The molecule has 6 aliphatic rings. The molecule has 216 valence electrons. The molecule has 2 heterocycles. The van der Waals surface area contributed by atoms with E-state index >= 15 is 4.79 Å². The van der Waals surface area contributed by atoms with Crippen LogP contribution in [0.25, 0.3) is 6.08 Å². The van der Waals surface area contributed by atoms with Crippen LogP contribution in [0.3, 0.4) is 0 Å². The van der Waals surface area contributed by atoms with Gasteiger partial charge in [-0.3, -0.25) is 4.79 Å². The highest BCUT2D eigenvalue weighted by molar-refractivity contribution is 5.97. The third-order valence-corrected chi connectivity index (χ3v) is 11.0. The van der Waals surface area contributed by atoms with Gasteiger partial charge in [-0.15, -0.1) is 0 Å². The van der Waals surface area contributed by atoms with Crippen molar-refractivity contribution in [2.75, 3.05) is 18.6 Å². The Bertz CT molecular complexity index is 1460. The van der Waals surface area contributed by atoms with Crippen molar-refractivity contribution in [2.24, 2.45) is 28.6 Å². The van der Waals surface area contributed by atoms with Gasteiger partial charge in [-0.05, 0) is 92.0 Å². The number of rotatable bonds is 8. The summed E-state index contributed by atoms with van der Waals surface area (Å²) in [7, 11) is 1.61. The Balaban J connectivity index is 1.39. The van der Waals surface area contributed by atoms with Crippen molar-refractivity contribution >= 4 is 17.5 Å². The normalized spacial score (nSPS) is 32.9. The summed E-state index contributed by atoms with van der Waals surface area (Å²) < 4.78 is 11.8. The van der Waals surface area contributed by atoms with E-state index in [2.05, 4.69) is 24.0 Å². The van der Waals surface area contributed by atoms with Crippen LogP contribution in [0.1, 0.15) is 75.3 Å². The molecule has 6 nitrogen and oxygen atoms in total. The minimum absolute atomic E-state index is 0.233. The lowest BCUT2D eigenvalue weighted by atomic mass is 9.47. The molecular weight excluding hydrogens is 522 g/mol. The fraction of sp³-hybridized carbons (Fsp3) is 0.528. The molecule has 0 radical (unpaired) electrons. The number of fused-ring (bicyclic) bond motifs is 3. The van der Waals surface area contributed by atoms with E-state index in [0.717, 1.165) is 48.9 Å². The van der Waals surface area contributed by atoms with Gasteiger partial charge in [-0.25, -0.2) is 0 Å². The Hall–Kier alpha value is -3.77. The van der Waals surface area contributed by atoms with Gasteiger partial charge >= 0.3 is 0 Å². The van der Waals surface area contributed by atoms with E-state index in [-0.39, 0.29) is 11.2 Å². The largest absolute Gasteiger partial charge is 0.493 e. The summed E-state index contributed by atoms with van der Waals surface area (Å²) in [5.41, 5.74) is 0.882. The molecule has 0 amide bonds. The van der Waals surface area contributed by atoms with Crippen molar-refractivity contribution in [3.05, 3.63) is 59.7 Å². The molecule has 0 aromatic heterocycles. The summed E-state index contributed by atoms with van der Waals surface area (Å²) in [6, 6.07) is 17.6. The Morgan fingerprint density at radius 1 is 1.00 bits per heavy atom. The number of nitriles is 2. The quantitative estimate of drug-likeness (QED) is 0.321. The summed E-state index contributed by atoms with van der Waals surface area (Å²) in [6.07, 6.45) is 12.5. The highest BCUT2D eigenvalue weighted by Crippen LogP contribution is 2.64. The van der Waals surface area contributed by atoms with Gasteiger partial charge in [0, 0.05) is 17.0 Å². The van der Waals surface area contributed by atoms with Gasteiger partial charge in [0.15, 0.2) is 22.7 Å². The second-order valence-corrected chi connectivity index (χ2v) is 13.5. The maximum Gasteiger partial charge on any atom is 0.176 e. The lowest BCUT2D eigenvalue weighted by Gasteiger charge is -2.57. The summed E-state index contributed by atoms with van der Waals surface area (Å²) in [5, 5.41) is 21.8. The predicted molar refractivity (Wildman–Crippen MR) is 161 cm³/mol. The van der Waals surface area contributed by atoms with E-state index in [4.69, 9.17) is 9.47 Å². The van der Waals surface area contributed by atoms with Crippen LogP contribution in [0, 0.1) is 51.2 Å². The van der Waals surface area contributed by atoms with Crippen LogP contribution < -0.4 is 14.4 Å². The molecule has 0 N–H and O–H groups in total. The van der Waals surface area contributed by atoms with Crippen LogP contribution in [-0.4, -0.2) is 31.6 Å². The molecular formula is C36H39N3O3. The van der Waals surface area contributed by atoms with Gasteiger partial charge in [0.25, 0.3) is 0 Å². The van der Waals surface area contributed by atoms with E-state index < -0.39 is 23.4 Å². The zero-order chi connectivity index (χ0) is 29.1. The lowest BCUT2D eigenvalue weighted by Crippen LogP contribution is -2.56. The molecule has 0 spiro atoms. The average molecular weight is 562 g/mol. The number of carbonyl (C=O) groups is 1. The van der Waals surface area contributed by atoms with Gasteiger partial charge in [-0.1, -0.05) is 49.8 Å². The van der Waals surface area contributed by atoms with Crippen LogP contribution >= 0.6 is 0 Å². The Morgan fingerprint density at radius 3 is 2.33 bits per heavy atom. The Labute approximate surface area is 248 Å². The molecule has 0 unspecified atom stereocenters. The molecule has 8 rings (SSSR count). The second-order valence-electron chi connectivity index (χ2n) is 13.5. The molecule has 4 saturated carbocycles. The van der Waals surface area contributed by atoms with Crippen LogP contribution in [0.5, 0.6) is 11.5 Å². The Kier molecular flexibility index (Phi) is 6.58. The van der Waals surface area contributed by atoms with Crippen molar-refractivity contribution in [2.45, 2.75) is 76.3 Å². The maximum atomic E-state index is 15.3. The number of hydrogen-bond acceptors (Lipinski definition) is 6. The van der Waals surface area contributed by atoms with Crippen molar-refractivity contribution in [1.82, 2.24) is 0 Å². The van der Waals surface area contributed by atoms with Gasteiger partial charge < -0.3 is 14.4 Å². The van der Waals surface area contributed by atoms with E-state index in [1.165, 1.54) is 19.3 Å². The molecule has 2 aliphatic heterocycles. The zero-order valence-corrected chi connectivity index (χ0v) is 24.6. The van der Waals surface area contributed by atoms with Crippen molar-refractivity contribution in [1.29, 1.82) is 10.5 Å². The van der Waals surface area contributed by atoms with Crippen molar-refractivity contribution < 1.29 is 14.3 Å². The second kappa shape index (κ2) is 10.2. The number of anilines is 1. The van der Waals surface area contributed by atoms with Gasteiger partial charge in [0.05, 0.1) is 37.9 Å². The predicted octanol–water partition coefficient (Wildman–Crippen LogP) is 7.06. The highest BCUT2D eigenvalue weighted by Gasteiger charge is 2.67. The molecule has 4 bridgehead atoms. The van der Waals surface area contributed by atoms with Crippen LogP contribution in [0.4, 0.5) is 5.69 Å². The molecule has 6 heteroatoms. The van der Waals surface area contributed by atoms with E-state index in [0.29, 0.717) is 35.9 Å². The zero-order valence-electron chi connectivity index (χ0n) is 24.6. The molecule has 1 saturated heterocycles. The number of unbranched alkanes of at least 4 members (excludes halogenated alkanes) is 1. The number of nitrogens with zero attached hydrogens (tertiary/aromatic N) is 3. The Morgan fingerprint density at radius 2 is 1.69 bits per heavy atom. The summed E-state index contributed by atoms with van der Waals surface area (Å²) >= 11 is 0. The standard InChI is InChI=1S/C36H39N3O3/c1-3-4-13-42-29-11-9-27(17-30(29)41-2)32-33(34(40)35-18-23-14-24(19-35)16-25(15-23)20-35)39-28-8-6-5-7-26(28)10-12-31(39)36(32,21-37)22-38/h5-12,17,23-25,31-33H,3-4,13-16,18-20H2,1-2H3/t23?,24?,25?,31-,32+,33+,35?/m0/s1. The van der Waals surface area contributed by atoms with Gasteiger partial charge in [0.1, 0.15) is 0 Å². The average Bonchev–Trinajstić information content (AvgIpc) is 3.31. The first-order chi connectivity index (χ1) is 20.5. The molecule has 5 fully saturated rings. The van der Waals surface area contributed by atoms with E-state index in [1.807, 2.05) is 54.6 Å². The summed E-state index contributed by atoms with van der Waals surface area (Å²) in [6.45, 7) is 2.70. The fourth-order valence-corrected chi connectivity index (χ4v) is 9.66. The minimum atomic E-state index is -1.46. The smallest absolute Gasteiger partial charge is 0.176 e. The van der Waals surface area contributed by atoms with Crippen LogP contribution in [0.15, 0.2) is 48.5 Å². The highest BCUT2D eigenvalue weighted by atomic mass is 16.5. The number of benzene rings is 2. The number of ether oxygens (including phenoxy) is 2. The van der Waals surface area contributed by atoms with Crippen LogP contribution in [-0.2, 0) is 4.79 Å². The number of carbonyl (C=O) groups excluding carboxylic acids is 1. The third-order valence-electron chi connectivity index (χ3n) is 11.0. The first-order valence-corrected chi connectivity index (χ1v) is 15.7. The van der Waals surface area contributed by atoms with E-state index in [1.54, 1.807) is 7.11 Å². The topological polar surface area (TPSA) is 86.4 Å². The molecule has 3 atom stereocenters. The first kappa shape index (κ1) is 27.1. The summed E-state index contributed by atoms with van der Waals surface area (Å²) in [4.78, 5) is 17.5. The van der Waals surface area contributed by atoms with E-state index in [9.17, 15) is 10.5 Å². The monoisotopic (exact) mass is 561 g/mol. The molecule has 42 heavy (non-hydrogen) atoms. The number of ketones is 1. The third kappa shape index (κ3) is 3.91. The number of hydrogen-bond donors (Lipinski definition) is 0. The van der Waals surface area contributed by atoms with Gasteiger partial charge in [-0.2, -0.15) is 10.5 Å². The molecule has 2 aromatic carbocycles. The number of methoxy groups -OCH3 is 1. The molecule has 4 aliphatic carbocycles. The fourth-order valence-electron chi connectivity index (χ4n) is 9.66. The van der Waals surface area contributed by atoms with Crippen molar-refractivity contribution in [3.8, 4) is 23.6 Å². The van der Waals surface area contributed by atoms with Crippen molar-refractivity contribution in [3.63, 3.8) is 0 Å². The first-order valence-electron chi connectivity index (χ1n) is 15.7. The minimum Gasteiger partial charge on any atom is -0.493 e. The summed E-state index contributed by atoms with van der Waals surface area (Å²) in [5.74, 6) is 2.63. The SMILES string of the molecule is CCCCOc1ccc([C@@H]2[C@H](C(=O)C34CC5CC(CC(C5)C3)C4)N3c4ccccc4C=C[C@H]3C2(C#N)C#N)cc1OC. The number of para-hydroxylation sites is 1. The molecule has 2 aromatic rings. The van der Waals surface area contributed by atoms with Crippen LogP contribution in [0.2, 0.25) is 0 Å². The van der Waals surface area contributed by atoms with Gasteiger partial charge in [0.2, 0.25) is 0 Å². The number of Topliss-reactive ketones (excluding diaryl/α,β-unsaturated/α-hetero) is 1. The lowest BCUT2D eigenvalue weighted by molar-refractivity contribution is -0.145. The maximum absolute atomic E-state index is 15.3.